The van der Waals surface area contributed by atoms with Gasteiger partial charge >= 0.3 is 124 Å². The van der Waals surface area contributed by atoms with Crippen molar-refractivity contribution in [3.63, 3.8) is 0 Å². The third kappa shape index (κ3) is 15.0. The first-order valence-corrected chi connectivity index (χ1v) is 2.12. The van der Waals surface area contributed by atoms with E-state index >= 15 is 0 Å². The van der Waals surface area contributed by atoms with Gasteiger partial charge in [-0.05, 0) is 0 Å². The fourth-order valence-corrected chi connectivity index (χ4v) is 0.200. The summed E-state index contributed by atoms with van der Waals surface area (Å²) in [6, 6.07) is 0. The van der Waals surface area contributed by atoms with E-state index in [0.717, 1.165) is 0 Å². The van der Waals surface area contributed by atoms with E-state index in [2.05, 4.69) is 9.31 Å². The normalized spacial score (nSPS) is 7.00. The van der Waals surface area contributed by atoms with Crippen LogP contribution in [-0.4, -0.2) is 144 Å². The molecule has 7 nitrogen and oxygen atoms in total. The molecule has 11 heteroatoms. The van der Waals surface area contributed by atoms with Crippen LogP contribution >= 0.6 is 0 Å². The molecule has 0 aliphatic carbocycles. The average molecular weight is 230 g/mol. The first-order chi connectivity index (χ1) is 4.52. The number of carbonyl (C=O) groups is 1. The third-order valence-corrected chi connectivity index (χ3v) is 0.403. The van der Waals surface area contributed by atoms with Crippen molar-refractivity contribution in [2.24, 2.45) is 0 Å². The van der Waals surface area contributed by atoms with Crippen molar-refractivity contribution in [3.8, 4) is 0 Å². The van der Waals surface area contributed by atoms with Gasteiger partial charge < -0.3 is 29.4 Å². The van der Waals surface area contributed by atoms with Crippen molar-refractivity contribution >= 4 is 124 Å². The Morgan fingerprint density at radius 3 is 1.33 bits per heavy atom. The Hall–Kier alpha value is 2.51. The second kappa shape index (κ2) is 11.6. The standard InChI is InChI=1S/CH4B2O7.2K.2H/c4-1(9-2(5)6)10-3(7)8;;;;/h5-8H;;;;. The van der Waals surface area contributed by atoms with Gasteiger partial charge in [-0.1, -0.05) is 0 Å². The van der Waals surface area contributed by atoms with Gasteiger partial charge in [-0.2, -0.15) is 0 Å². The monoisotopic (exact) mass is 230 g/mol. The summed E-state index contributed by atoms with van der Waals surface area (Å²) in [5, 5.41) is 31.6. The number of carbonyl (C=O) groups excluding carboxylic acids is 1. The predicted molar refractivity (Wildman–Crippen MR) is 42.2 cm³/mol. The molecular formula is CH6B2K2O7. The first kappa shape index (κ1) is 20.0. The summed E-state index contributed by atoms with van der Waals surface area (Å²) in [7, 11) is -4.66. The van der Waals surface area contributed by atoms with Crippen molar-refractivity contribution in [1.29, 1.82) is 0 Å². The van der Waals surface area contributed by atoms with Gasteiger partial charge in [0.25, 0.3) is 0 Å². The van der Waals surface area contributed by atoms with Gasteiger partial charge in [0.1, 0.15) is 0 Å². The summed E-state index contributed by atoms with van der Waals surface area (Å²) < 4.78 is 6.98. The molecule has 0 rings (SSSR count). The van der Waals surface area contributed by atoms with Crippen LogP contribution in [0, 0.1) is 0 Å². The molecule has 0 saturated heterocycles. The second-order valence-corrected chi connectivity index (χ2v) is 1.14. The van der Waals surface area contributed by atoms with Crippen LogP contribution in [0.5, 0.6) is 0 Å². The van der Waals surface area contributed by atoms with Crippen LogP contribution in [0.4, 0.5) is 4.79 Å². The summed E-state index contributed by atoms with van der Waals surface area (Å²) in [6.07, 6.45) is -1.59. The Balaban J connectivity index is -0.000000405. The topological polar surface area (TPSA) is 116 Å². The third-order valence-electron chi connectivity index (χ3n) is 0.403. The average Bonchev–Trinajstić information content (AvgIpc) is 1.58. The SMILES string of the molecule is O=C(OB(O)O)OB(O)O.[KH].[KH]. The molecule has 0 unspecified atom stereocenters. The maximum absolute atomic E-state index is 9.98. The zero-order chi connectivity index (χ0) is 8.15. The fourth-order valence-electron chi connectivity index (χ4n) is 0.200. The molecule has 0 aliphatic heterocycles. The summed E-state index contributed by atoms with van der Waals surface area (Å²) in [5.74, 6) is 0. The van der Waals surface area contributed by atoms with Gasteiger partial charge in [0.15, 0.2) is 0 Å². The predicted octanol–water partition coefficient (Wildman–Crippen LogP) is -4.22. The number of hydrogen-bond donors (Lipinski definition) is 4. The van der Waals surface area contributed by atoms with Gasteiger partial charge in [-0.25, -0.2) is 4.79 Å². The fraction of sp³-hybridized carbons (Fsp3) is 0. The van der Waals surface area contributed by atoms with E-state index in [9.17, 15) is 4.79 Å². The molecule has 12 heavy (non-hydrogen) atoms. The van der Waals surface area contributed by atoms with Crippen LogP contribution < -0.4 is 0 Å². The summed E-state index contributed by atoms with van der Waals surface area (Å²) in [6.45, 7) is 0. The van der Waals surface area contributed by atoms with Crippen molar-refractivity contribution in [1.82, 2.24) is 0 Å². The molecule has 4 N–H and O–H groups in total. The molecule has 0 spiro atoms. The summed E-state index contributed by atoms with van der Waals surface area (Å²) in [4.78, 5) is 9.98. The van der Waals surface area contributed by atoms with Crippen LogP contribution in [-0.2, 0) is 9.31 Å². The molecule has 0 aromatic rings. The second-order valence-electron chi connectivity index (χ2n) is 1.14. The van der Waals surface area contributed by atoms with Crippen LogP contribution in [0.3, 0.4) is 0 Å². The molecule has 0 amide bonds. The van der Waals surface area contributed by atoms with Crippen LogP contribution in [0.15, 0.2) is 0 Å². The number of hydrogen-bond acceptors (Lipinski definition) is 7. The Morgan fingerprint density at radius 1 is 0.917 bits per heavy atom. The molecule has 0 aromatic heterocycles. The molecular weight excluding hydrogens is 224 g/mol. The van der Waals surface area contributed by atoms with E-state index < -0.39 is 20.8 Å². The van der Waals surface area contributed by atoms with Crippen molar-refractivity contribution in [3.05, 3.63) is 0 Å². The molecule has 0 radical (unpaired) electrons. The van der Waals surface area contributed by atoms with Crippen LogP contribution in [0.1, 0.15) is 0 Å². The zero-order valence-corrected chi connectivity index (χ0v) is 4.67. The van der Waals surface area contributed by atoms with Crippen LogP contribution in [0.25, 0.3) is 0 Å². The molecule has 0 fully saturated rings. The molecule has 0 aromatic carbocycles. The van der Waals surface area contributed by atoms with E-state index in [-0.39, 0.29) is 103 Å². The van der Waals surface area contributed by atoms with E-state index in [1.54, 1.807) is 0 Å². The molecule has 0 atom stereocenters. The molecule has 60 valence electrons. The summed E-state index contributed by atoms with van der Waals surface area (Å²) in [5.41, 5.74) is 0. The molecule has 0 heterocycles. The molecule has 0 aliphatic rings. The van der Waals surface area contributed by atoms with Gasteiger partial charge in [0, 0.05) is 0 Å². The first-order valence-electron chi connectivity index (χ1n) is 2.12. The zero-order valence-electron chi connectivity index (χ0n) is 4.67. The van der Waals surface area contributed by atoms with E-state index in [1.165, 1.54) is 0 Å². The van der Waals surface area contributed by atoms with E-state index in [1.807, 2.05) is 0 Å². The van der Waals surface area contributed by atoms with Gasteiger partial charge in [0.05, 0.1) is 0 Å². The van der Waals surface area contributed by atoms with Gasteiger partial charge in [-0.15, -0.1) is 0 Å². The minimum absolute atomic E-state index is 0. The number of rotatable bonds is 2. The van der Waals surface area contributed by atoms with Crippen molar-refractivity contribution < 1.29 is 34.2 Å². The quantitative estimate of drug-likeness (QED) is 0.355. The van der Waals surface area contributed by atoms with E-state index in [0.29, 0.717) is 0 Å². The van der Waals surface area contributed by atoms with Crippen LogP contribution in [0.2, 0.25) is 0 Å². The Bertz CT molecular complexity index is 106. The molecule has 0 bridgehead atoms. The van der Waals surface area contributed by atoms with Gasteiger partial charge in [-0.3, -0.25) is 0 Å². The van der Waals surface area contributed by atoms with Crippen molar-refractivity contribution in [2.45, 2.75) is 0 Å². The molecule has 0 saturated carbocycles. The summed E-state index contributed by atoms with van der Waals surface area (Å²) >= 11 is 0. The maximum atomic E-state index is 9.98. The van der Waals surface area contributed by atoms with Crippen molar-refractivity contribution in [2.75, 3.05) is 0 Å². The Morgan fingerprint density at radius 2 is 1.17 bits per heavy atom. The van der Waals surface area contributed by atoms with Gasteiger partial charge in [0.2, 0.25) is 0 Å². The Kier molecular flexibility index (Phi) is 19.3. The minimum atomic E-state index is -2.33. The van der Waals surface area contributed by atoms with E-state index in [4.69, 9.17) is 20.1 Å². The Labute approximate surface area is 154 Å².